The second kappa shape index (κ2) is 7.02. The molecule has 0 saturated carbocycles. The molecule has 2 aromatic rings. The Hall–Kier alpha value is -2.39. The summed E-state index contributed by atoms with van der Waals surface area (Å²) in [6, 6.07) is 8.09. The number of ether oxygens (including phenoxy) is 1. The Kier molecular flexibility index (Phi) is 5.25. The lowest BCUT2D eigenvalue weighted by Gasteiger charge is -2.11. The van der Waals surface area contributed by atoms with Gasteiger partial charge < -0.3 is 9.84 Å². The normalized spacial score (nSPS) is 11.3. The van der Waals surface area contributed by atoms with Crippen molar-refractivity contribution in [1.82, 2.24) is 0 Å². The van der Waals surface area contributed by atoms with Gasteiger partial charge in [0.1, 0.15) is 5.75 Å². The number of anilines is 1. The summed E-state index contributed by atoms with van der Waals surface area (Å²) in [5.41, 5.74) is -0.195. The third-order valence-corrected chi connectivity index (χ3v) is 4.47. The zero-order valence-corrected chi connectivity index (χ0v) is 13.3. The summed E-state index contributed by atoms with van der Waals surface area (Å²) in [4.78, 5) is 10.6. The summed E-state index contributed by atoms with van der Waals surface area (Å²) in [6.45, 7) is -3.07. The molecule has 0 bridgehead atoms. The number of nitrogens with one attached hydrogen (secondary N) is 1. The largest absolute Gasteiger partial charge is 0.478 e. The van der Waals surface area contributed by atoms with Gasteiger partial charge in [-0.15, -0.1) is 0 Å². The van der Waals surface area contributed by atoms with Crippen LogP contribution < -0.4 is 9.46 Å². The van der Waals surface area contributed by atoms with Crippen LogP contribution in [-0.2, 0) is 10.0 Å². The number of carboxylic acid groups (broad SMARTS) is 1. The Morgan fingerprint density at radius 1 is 1.21 bits per heavy atom. The van der Waals surface area contributed by atoms with Crippen LogP contribution in [0.5, 0.6) is 5.75 Å². The number of hydrogen-bond acceptors (Lipinski definition) is 4. The Labute approximate surface area is 140 Å². The maximum absolute atomic E-state index is 12.3. The molecular formula is C14H10ClF2NO5S. The quantitative estimate of drug-likeness (QED) is 0.804. The molecule has 0 spiro atoms. The molecule has 128 valence electrons. The van der Waals surface area contributed by atoms with Crippen molar-refractivity contribution < 1.29 is 31.8 Å². The first kappa shape index (κ1) is 18.0. The van der Waals surface area contributed by atoms with Crippen LogP contribution in [0, 0.1) is 0 Å². The molecule has 0 fully saturated rings. The Bertz CT molecular complexity index is 873. The fourth-order valence-corrected chi connectivity index (χ4v) is 3.09. The summed E-state index contributed by atoms with van der Waals surface area (Å²) in [6.07, 6.45) is 0. The third-order valence-electron chi connectivity index (χ3n) is 2.79. The molecule has 0 amide bonds. The summed E-state index contributed by atoms with van der Waals surface area (Å²) < 4.78 is 55.1. The average Bonchev–Trinajstić information content (AvgIpc) is 2.49. The highest BCUT2D eigenvalue weighted by Gasteiger charge is 2.17. The van der Waals surface area contributed by atoms with E-state index in [0.717, 1.165) is 18.2 Å². The molecule has 10 heteroatoms. The van der Waals surface area contributed by atoms with E-state index in [2.05, 4.69) is 9.46 Å². The number of carboxylic acids is 1. The lowest BCUT2D eigenvalue weighted by Crippen LogP contribution is -2.14. The first-order valence-corrected chi connectivity index (χ1v) is 8.16. The molecule has 0 unspecified atom stereocenters. The summed E-state index contributed by atoms with van der Waals surface area (Å²) in [5, 5.41) is 8.68. The van der Waals surface area contributed by atoms with E-state index < -0.39 is 22.6 Å². The summed E-state index contributed by atoms with van der Waals surface area (Å²) in [5.74, 6) is -1.58. The van der Waals surface area contributed by atoms with E-state index >= 15 is 0 Å². The third kappa shape index (κ3) is 4.33. The molecule has 0 aliphatic carbocycles. The van der Waals surface area contributed by atoms with Crippen LogP contribution >= 0.6 is 11.6 Å². The van der Waals surface area contributed by atoms with Gasteiger partial charge in [-0.3, -0.25) is 4.72 Å². The molecule has 2 N–H and O–H groups in total. The second-order valence-corrected chi connectivity index (χ2v) is 6.55. The molecule has 0 aliphatic rings. The van der Waals surface area contributed by atoms with Crippen LogP contribution in [-0.4, -0.2) is 26.1 Å². The topological polar surface area (TPSA) is 92.7 Å². The molecule has 0 radical (unpaired) electrons. The number of hydrogen-bond donors (Lipinski definition) is 2. The van der Waals surface area contributed by atoms with Crippen molar-refractivity contribution in [3.05, 3.63) is 53.1 Å². The maximum Gasteiger partial charge on any atom is 0.387 e. The van der Waals surface area contributed by atoms with Gasteiger partial charge in [-0.2, -0.15) is 8.78 Å². The highest BCUT2D eigenvalue weighted by Crippen LogP contribution is 2.30. The van der Waals surface area contributed by atoms with Gasteiger partial charge in [0.25, 0.3) is 10.0 Å². The number of rotatable bonds is 6. The van der Waals surface area contributed by atoms with Gasteiger partial charge >= 0.3 is 12.6 Å². The highest BCUT2D eigenvalue weighted by molar-refractivity contribution is 7.92. The van der Waals surface area contributed by atoms with E-state index in [-0.39, 0.29) is 26.9 Å². The van der Waals surface area contributed by atoms with Gasteiger partial charge in [-0.25, -0.2) is 13.2 Å². The predicted octanol–water partition coefficient (Wildman–Crippen LogP) is 3.44. The smallest absolute Gasteiger partial charge is 0.387 e. The first-order valence-electron chi connectivity index (χ1n) is 6.29. The Balaban J connectivity index is 2.28. The predicted molar refractivity (Wildman–Crippen MR) is 82.3 cm³/mol. The molecule has 0 saturated heterocycles. The van der Waals surface area contributed by atoms with E-state index in [1.165, 1.54) is 24.3 Å². The van der Waals surface area contributed by atoms with Crippen LogP contribution in [0.2, 0.25) is 5.02 Å². The van der Waals surface area contributed by atoms with E-state index in [1.54, 1.807) is 0 Å². The molecule has 24 heavy (non-hydrogen) atoms. The molecule has 0 aliphatic heterocycles. The number of benzene rings is 2. The van der Waals surface area contributed by atoms with Gasteiger partial charge in [0.05, 0.1) is 21.2 Å². The van der Waals surface area contributed by atoms with Crippen molar-refractivity contribution >= 4 is 33.3 Å². The number of sulfonamides is 1. The van der Waals surface area contributed by atoms with Crippen LogP contribution in [0.15, 0.2) is 47.4 Å². The zero-order chi connectivity index (χ0) is 17.9. The van der Waals surface area contributed by atoms with Gasteiger partial charge in [-0.05, 0) is 36.4 Å². The summed E-state index contributed by atoms with van der Waals surface area (Å²) >= 11 is 5.74. The summed E-state index contributed by atoms with van der Waals surface area (Å²) in [7, 11) is -4.08. The minimum Gasteiger partial charge on any atom is -0.478 e. The monoisotopic (exact) mass is 377 g/mol. The van der Waals surface area contributed by atoms with Crippen molar-refractivity contribution in [2.75, 3.05) is 4.72 Å². The lowest BCUT2D eigenvalue weighted by molar-refractivity contribution is -0.0497. The maximum atomic E-state index is 12.3. The number of alkyl halides is 2. The molecule has 0 atom stereocenters. The fraction of sp³-hybridized carbons (Fsp3) is 0.0714. The standard InChI is InChI=1S/C14H10ClF2NO5S/c15-11-7-9(4-5-12(11)23-14(16)17)18-24(21,22)10-3-1-2-8(6-10)13(19)20/h1-7,14,18H,(H,19,20). The van der Waals surface area contributed by atoms with Gasteiger partial charge in [0.2, 0.25) is 0 Å². The van der Waals surface area contributed by atoms with E-state index in [1.807, 2.05) is 0 Å². The van der Waals surface area contributed by atoms with Crippen molar-refractivity contribution in [3.8, 4) is 5.75 Å². The number of carbonyl (C=O) groups is 1. The van der Waals surface area contributed by atoms with Crippen LogP contribution in [0.3, 0.4) is 0 Å². The minimum absolute atomic E-state index is 0.00217. The van der Waals surface area contributed by atoms with Crippen molar-refractivity contribution in [2.45, 2.75) is 11.5 Å². The second-order valence-electron chi connectivity index (χ2n) is 4.46. The van der Waals surface area contributed by atoms with Gasteiger partial charge in [-0.1, -0.05) is 17.7 Å². The van der Waals surface area contributed by atoms with E-state index in [0.29, 0.717) is 0 Å². The molecule has 6 nitrogen and oxygen atoms in total. The van der Waals surface area contributed by atoms with E-state index in [9.17, 15) is 22.0 Å². The van der Waals surface area contributed by atoms with Crippen molar-refractivity contribution in [2.24, 2.45) is 0 Å². The molecule has 0 heterocycles. The fourth-order valence-electron chi connectivity index (χ4n) is 1.77. The Morgan fingerprint density at radius 2 is 1.92 bits per heavy atom. The number of aromatic carboxylic acids is 1. The highest BCUT2D eigenvalue weighted by atomic mass is 35.5. The molecular weight excluding hydrogens is 368 g/mol. The molecule has 2 rings (SSSR count). The minimum atomic E-state index is -4.08. The number of halogens is 3. The van der Waals surface area contributed by atoms with Crippen LogP contribution in [0.1, 0.15) is 10.4 Å². The average molecular weight is 378 g/mol. The van der Waals surface area contributed by atoms with Crippen LogP contribution in [0.4, 0.5) is 14.5 Å². The lowest BCUT2D eigenvalue weighted by atomic mass is 10.2. The van der Waals surface area contributed by atoms with Gasteiger partial charge in [0.15, 0.2) is 0 Å². The van der Waals surface area contributed by atoms with Crippen LogP contribution in [0.25, 0.3) is 0 Å². The first-order chi connectivity index (χ1) is 11.2. The Morgan fingerprint density at radius 3 is 2.50 bits per heavy atom. The van der Waals surface area contributed by atoms with Gasteiger partial charge in [0, 0.05) is 0 Å². The SMILES string of the molecule is O=C(O)c1cccc(S(=O)(=O)Nc2ccc(OC(F)F)c(Cl)c2)c1. The van der Waals surface area contributed by atoms with Crippen molar-refractivity contribution in [3.63, 3.8) is 0 Å². The molecule has 0 aromatic heterocycles. The van der Waals surface area contributed by atoms with E-state index in [4.69, 9.17) is 16.7 Å². The zero-order valence-electron chi connectivity index (χ0n) is 11.7. The molecule has 2 aromatic carbocycles. The van der Waals surface area contributed by atoms with Crippen molar-refractivity contribution in [1.29, 1.82) is 0 Å².